The van der Waals surface area contributed by atoms with Gasteiger partial charge >= 0.3 is 0 Å². The van der Waals surface area contributed by atoms with Gasteiger partial charge in [-0.15, -0.1) is 0 Å². The minimum Gasteiger partial charge on any atom is -0.399 e. The Morgan fingerprint density at radius 1 is 1.38 bits per heavy atom. The van der Waals surface area contributed by atoms with Gasteiger partial charge in [0.2, 0.25) is 0 Å². The summed E-state index contributed by atoms with van der Waals surface area (Å²) in [7, 11) is 0. The number of rotatable bonds is 5. The highest BCUT2D eigenvalue weighted by molar-refractivity contribution is 5.54. The Morgan fingerprint density at radius 2 is 1.94 bits per heavy atom. The average Bonchev–Trinajstić information content (AvgIpc) is 2.16. The summed E-state index contributed by atoms with van der Waals surface area (Å²) in [6, 6.07) is 2.08. The summed E-state index contributed by atoms with van der Waals surface area (Å²) >= 11 is 0. The van der Waals surface area contributed by atoms with Gasteiger partial charge in [-0.25, -0.2) is 8.78 Å². The molecule has 0 heterocycles. The number of hydrogen-bond donors (Lipinski definition) is 3. The third kappa shape index (κ3) is 3.34. The third-order valence-corrected chi connectivity index (χ3v) is 2.20. The van der Waals surface area contributed by atoms with E-state index in [1.165, 1.54) is 0 Å². The second kappa shape index (κ2) is 5.65. The topological polar surface area (TPSA) is 58.3 Å². The second-order valence-corrected chi connectivity index (χ2v) is 3.68. The predicted octanol–water partition coefficient (Wildman–Crippen LogP) is 2.12. The van der Waals surface area contributed by atoms with E-state index in [2.05, 4.69) is 5.32 Å². The van der Waals surface area contributed by atoms with Crippen LogP contribution in [-0.4, -0.2) is 17.8 Å². The summed E-state index contributed by atoms with van der Waals surface area (Å²) in [6.07, 6.45) is 0.794. The van der Waals surface area contributed by atoms with Crippen molar-refractivity contribution in [3.63, 3.8) is 0 Å². The quantitative estimate of drug-likeness (QED) is 0.679. The predicted molar refractivity (Wildman–Crippen MR) is 60.2 cm³/mol. The number of halogens is 2. The highest BCUT2D eigenvalue weighted by Crippen LogP contribution is 2.21. The molecule has 0 spiro atoms. The van der Waals surface area contributed by atoms with Crippen molar-refractivity contribution in [2.75, 3.05) is 17.6 Å². The van der Waals surface area contributed by atoms with E-state index in [1.54, 1.807) is 0 Å². The van der Waals surface area contributed by atoms with Crippen molar-refractivity contribution in [2.24, 2.45) is 0 Å². The minimum atomic E-state index is -0.749. The van der Waals surface area contributed by atoms with Crippen LogP contribution in [0.1, 0.15) is 19.8 Å². The molecule has 1 aromatic rings. The molecule has 0 radical (unpaired) electrons. The van der Waals surface area contributed by atoms with Crippen molar-refractivity contribution in [3.05, 3.63) is 23.8 Å². The Bertz CT molecular complexity index is 335. The summed E-state index contributed by atoms with van der Waals surface area (Å²) in [4.78, 5) is 0. The molecule has 0 aromatic heterocycles. The normalized spacial score (nSPS) is 12.5. The van der Waals surface area contributed by atoms with Crippen molar-refractivity contribution in [1.29, 1.82) is 0 Å². The van der Waals surface area contributed by atoms with Crippen molar-refractivity contribution >= 4 is 11.4 Å². The Hall–Kier alpha value is -1.36. The van der Waals surface area contributed by atoms with Crippen molar-refractivity contribution < 1.29 is 13.9 Å². The third-order valence-electron chi connectivity index (χ3n) is 2.20. The van der Waals surface area contributed by atoms with Gasteiger partial charge < -0.3 is 16.2 Å². The van der Waals surface area contributed by atoms with Gasteiger partial charge in [-0.1, -0.05) is 13.3 Å². The highest BCUT2D eigenvalue weighted by Gasteiger charge is 2.11. The standard InChI is InChI=1S/C11H16F2N2O/c1-2-3-8(16)6-15-11-9(12)4-7(14)5-10(11)13/h4-5,8,15-16H,2-3,6,14H2,1H3. The first-order valence-corrected chi connectivity index (χ1v) is 5.21. The molecule has 0 saturated carbocycles. The van der Waals surface area contributed by atoms with Crippen LogP contribution in [0.2, 0.25) is 0 Å². The molecule has 1 rings (SSSR count). The van der Waals surface area contributed by atoms with E-state index in [1.807, 2.05) is 6.92 Å². The smallest absolute Gasteiger partial charge is 0.151 e. The molecule has 1 unspecified atom stereocenters. The van der Waals surface area contributed by atoms with Gasteiger partial charge in [0.15, 0.2) is 11.6 Å². The van der Waals surface area contributed by atoms with Crippen LogP contribution in [0.25, 0.3) is 0 Å². The Labute approximate surface area is 93.3 Å². The molecule has 0 aliphatic carbocycles. The molecule has 90 valence electrons. The van der Waals surface area contributed by atoms with E-state index < -0.39 is 17.7 Å². The lowest BCUT2D eigenvalue weighted by molar-refractivity contribution is 0.176. The van der Waals surface area contributed by atoms with Gasteiger partial charge in [-0.05, 0) is 18.6 Å². The molecule has 0 fully saturated rings. The van der Waals surface area contributed by atoms with Gasteiger partial charge in [0.05, 0.1) is 6.10 Å². The van der Waals surface area contributed by atoms with E-state index in [9.17, 15) is 13.9 Å². The van der Waals surface area contributed by atoms with Crippen LogP contribution < -0.4 is 11.1 Å². The van der Waals surface area contributed by atoms with E-state index in [0.29, 0.717) is 6.42 Å². The lowest BCUT2D eigenvalue weighted by Crippen LogP contribution is -2.20. The maximum Gasteiger partial charge on any atom is 0.151 e. The Kier molecular flexibility index (Phi) is 4.49. The number of benzene rings is 1. The fourth-order valence-corrected chi connectivity index (χ4v) is 1.42. The zero-order chi connectivity index (χ0) is 12.1. The summed E-state index contributed by atoms with van der Waals surface area (Å²) in [5, 5.41) is 12.0. The highest BCUT2D eigenvalue weighted by atomic mass is 19.1. The van der Waals surface area contributed by atoms with Crippen molar-refractivity contribution in [2.45, 2.75) is 25.9 Å². The van der Waals surface area contributed by atoms with Crippen LogP contribution >= 0.6 is 0 Å². The summed E-state index contributed by atoms with van der Waals surface area (Å²) in [5.41, 5.74) is 5.07. The minimum absolute atomic E-state index is 0.0367. The summed E-state index contributed by atoms with van der Waals surface area (Å²) in [6.45, 7) is 2.04. The first kappa shape index (κ1) is 12.7. The zero-order valence-electron chi connectivity index (χ0n) is 9.13. The van der Waals surface area contributed by atoms with E-state index >= 15 is 0 Å². The lowest BCUT2D eigenvalue weighted by Gasteiger charge is -2.13. The summed E-state index contributed by atoms with van der Waals surface area (Å²) in [5.74, 6) is -1.50. The molecular formula is C11H16F2N2O. The van der Waals surface area contributed by atoms with Gasteiger partial charge in [0.25, 0.3) is 0 Å². The first-order chi connectivity index (χ1) is 7.54. The molecule has 0 saturated heterocycles. The number of nitrogen functional groups attached to an aromatic ring is 1. The molecule has 1 aromatic carbocycles. The monoisotopic (exact) mass is 230 g/mol. The first-order valence-electron chi connectivity index (χ1n) is 5.21. The van der Waals surface area contributed by atoms with Crippen molar-refractivity contribution in [3.8, 4) is 0 Å². The van der Waals surface area contributed by atoms with Gasteiger partial charge in [0, 0.05) is 12.2 Å². The van der Waals surface area contributed by atoms with Crippen LogP contribution in [0.5, 0.6) is 0 Å². The Morgan fingerprint density at radius 3 is 2.44 bits per heavy atom. The molecule has 0 bridgehead atoms. The number of nitrogens with two attached hydrogens (primary N) is 1. The zero-order valence-corrected chi connectivity index (χ0v) is 9.13. The number of anilines is 2. The molecule has 0 aliphatic rings. The van der Waals surface area contributed by atoms with Crippen molar-refractivity contribution in [1.82, 2.24) is 0 Å². The molecule has 0 aliphatic heterocycles. The average molecular weight is 230 g/mol. The maximum atomic E-state index is 13.3. The molecular weight excluding hydrogens is 214 g/mol. The number of hydrogen-bond acceptors (Lipinski definition) is 3. The van der Waals surface area contributed by atoms with Crippen LogP contribution in [0.3, 0.4) is 0 Å². The van der Waals surface area contributed by atoms with Gasteiger partial charge in [0.1, 0.15) is 5.69 Å². The molecule has 1 atom stereocenters. The fraction of sp³-hybridized carbons (Fsp3) is 0.455. The number of aliphatic hydroxyl groups excluding tert-OH is 1. The van der Waals surface area contributed by atoms with Gasteiger partial charge in [-0.2, -0.15) is 0 Å². The number of aliphatic hydroxyl groups is 1. The molecule has 5 heteroatoms. The molecule has 3 nitrogen and oxygen atoms in total. The van der Waals surface area contributed by atoms with Crippen LogP contribution in [0, 0.1) is 11.6 Å². The van der Waals surface area contributed by atoms with Crippen LogP contribution in [0.4, 0.5) is 20.2 Å². The number of nitrogens with one attached hydrogen (secondary N) is 1. The van der Waals surface area contributed by atoms with E-state index in [0.717, 1.165) is 18.6 Å². The fourth-order valence-electron chi connectivity index (χ4n) is 1.42. The van der Waals surface area contributed by atoms with Gasteiger partial charge in [-0.3, -0.25) is 0 Å². The largest absolute Gasteiger partial charge is 0.399 e. The van der Waals surface area contributed by atoms with Crippen LogP contribution in [0.15, 0.2) is 12.1 Å². The SMILES string of the molecule is CCCC(O)CNc1c(F)cc(N)cc1F. The molecule has 16 heavy (non-hydrogen) atoms. The summed E-state index contributed by atoms with van der Waals surface area (Å²) < 4.78 is 26.6. The second-order valence-electron chi connectivity index (χ2n) is 3.68. The van der Waals surface area contributed by atoms with Crippen LogP contribution in [-0.2, 0) is 0 Å². The Balaban J connectivity index is 2.67. The molecule has 4 N–H and O–H groups in total. The lowest BCUT2D eigenvalue weighted by atomic mass is 10.2. The van der Waals surface area contributed by atoms with E-state index in [4.69, 9.17) is 5.73 Å². The molecule has 0 amide bonds. The maximum absolute atomic E-state index is 13.3. The van der Waals surface area contributed by atoms with E-state index in [-0.39, 0.29) is 17.9 Å².